The van der Waals surface area contributed by atoms with E-state index in [0.29, 0.717) is 5.56 Å². The molecule has 0 unspecified atom stereocenters. The number of hydrogen-bond acceptors (Lipinski definition) is 3. The first-order chi connectivity index (χ1) is 10.2. The molecule has 0 aliphatic heterocycles. The zero-order chi connectivity index (χ0) is 16.3. The van der Waals surface area contributed by atoms with Crippen molar-refractivity contribution in [2.45, 2.75) is 12.8 Å². The van der Waals surface area contributed by atoms with Crippen LogP contribution in [0.2, 0.25) is 0 Å². The minimum absolute atomic E-state index is 0.0619. The average molecular weight is 315 g/mol. The molecule has 116 valence electrons. The van der Waals surface area contributed by atoms with Gasteiger partial charge >= 0.3 is 12.3 Å². The summed E-state index contributed by atoms with van der Waals surface area (Å²) in [6.45, 7) is 0. The van der Waals surface area contributed by atoms with Crippen LogP contribution in [-0.4, -0.2) is 22.4 Å². The van der Waals surface area contributed by atoms with E-state index in [2.05, 4.69) is 9.72 Å². The summed E-state index contributed by atoms with van der Waals surface area (Å²) in [4.78, 5) is 14.4. The number of pyridine rings is 1. The summed E-state index contributed by atoms with van der Waals surface area (Å²) in [6, 6.07) is 6.04. The summed E-state index contributed by atoms with van der Waals surface area (Å²) in [5.41, 5.74) is 0.588. The average Bonchev–Trinajstić information content (AvgIpc) is 2.40. The van der Waals surface area contributed by atoms with E-state index in [1.807, 2.05) is 0 Å². The smallest absolute Gasteiger partial charge is 0.481 e. The minimum Gasteiger partial charge on any atom is -0.481 e. The van der Waals surface area contributed by atoms with Gasteiger partial charge in [-0.3, -0.25) is 9.78 Å². The molecule has 4 nitrogen and oxygen atoms in total. The number of hydrogen-bond donors (Lipinski definition) is 1. The standard InChI is InChI=1S/C14H9F4NO3/c15-11-7-19-12(5-9(11)6-13(20)21)8-1-3-10(4-2-8)22-14(16,17)18/h1-5,7H,6H2,(H,20,21). The normalized spacial score (nSPS) is 11.3. The molecule has 0 aliphatic carbocycles. The highest BCUT2D eigenvalue weighted by molar-refractivity contribution is 5.71. The lowest BCUT2D eigenvalue weighted by Crippen LogP contribution is -2.16. The molecule has 1 aromatic carbocycles. The van der Waals surface area contributed by atoms with E-state index in [0.717, 1.165) is 18.3 Å². The maximum Gasteiger partial charge on any atom is 0.573 e. The Morgan fingerprint density at radius 1 is 1.23 bits per heavy atom. The van der Waals surface area contributed by atoms with Crippen LogP contribution in [0, 0.1) is 5.82 Å². The molecule has 0 fully saturated rings. The molecule has 0 atom stereocenters. The van der Waals surface area contributed by atoms with Crippen molar-refractivity contribution in [3.63, 3.8) is 0 Å². The molecule has 0 radical (unpaired) electrons. The summed E-state index contributed by atoms with van der Waals surface area (Å²) in [6.07, 6.45) is -4.44. The third kappa shape index (κ3) is 4.18. The number of aliphatic carboxylic acids is 1. The van der Waals surface area contributed by atoms with Crippen LogP contribution in [0.5, 0.6) is 5.75 Å². The zero-order valence-corrected chi connectivity index (χ0v) is 10.9. The van der Waals surface area contributed by atoms with Crippen LogP contribution < -0.4 is 4.74 Å². The van der Waals surface area contributed by atoms with E-state index in [9.17, 15) is 22.4 Å². The predicted molar refractivity (Wildman–Crippen MR) is 67.7 cm³/mol. The van der Waals surface area contributed by atoms with Crippen LogP contribution in [0.25, 0.3) is 11.3 Å². The molecule has 0 spiro atoms. The van der Waals surface area contributed by atoms with Crippen LogP contribution in [0.3, 0.4) is 0 Å². The van der Waals surface area contributed by atoms with Gasteiger partial charge in [0.1, 0.15) is 11.6 Å². The molecular formula is C14H9F4NO3. The largest absolute Gasteiger partial charge is 0.573 e. The second-order valence-corrected chi connectivity index (χ2v) is 4.30. The fourth-order valence-electron chi connectivity index (χ4n) is 1.76. The molecule has 2 rings (SSSR count). The second kappa shape index (κ2) is 6.00. The molecule has 0 amide bonds. The van der Waals surface area contributed by atoms with Gasteiger partial charge in [0.15, 0.2) is 0 Å². The van der Waals surface area contributed by atoms with Crippen molar-refractivity contribution in [1.29, 1.82) is 0 Å². The van der Waals surface area contributed by atoms with Gasteiger partial charge in [-0.2, -0.15) is 0 Å². The Labute approximate surface area is 122 Å². The number of ether oxygens (including phenoxy) is 1. The molecule has 0 aliphatic rings. The number of rotatable bonds is 4. The maximum absolute atomic E-state index is 13.4. The molecule has 1 N–H and O–H groups in total. The van der Waals surface area contributed by atoms with Gasteiger partial charge in [-0.05, 0) is 30.3 Å². The second-order valence-electron chi connectivity index (χ2n) is 4.30. The Bertz CT molecular complexity index is 683. The quantitative estimate of drug-likeness (QED) is 0.878. The summed E-state index contributed by atoms with van der Waals surface area (Å²) >= 11 is 0. The molecule has 1 heterocycles. The molecule has 0 saturated carbocycles. The fraction of sp³-hybridized carbons (Fsp3) is 0.143. The molecule has 22 heavy (non-hydrogen) atoms. The Balaban J connectivity index is 2.26. The number of carboxylic acid groups (broad SMARTS) is 1. The SMILES string of the molecule is O=C(O)Cc1cc(-c2ccc(OC(F)(F)F)cc2)ncc1F. The molecule has 0 saturated heterocycles. The highest BCUT2D eigenvalue weighted by atomic mass is 19.4. The van der Waals surface area contributed by atoms with E-state index in [-0.39, 0.29) is 11.3 Å². The van der Waals surface area contributed by atoms with Gasteiger partial charge in [-0.25, -0.2) is 4.39 Å². The van der Waals surface area contributed by atoms with Crippen molar-refractivity contribution < 1.29 is 32.2 Å². The molecule has 1 aromatic heterocycles. The summed E-state index contributed by atoms with van der Waals surface area (Å²) in [7, 11) is 0. The first-order valence-corrected chi connectivity index (χ1v) is 5.97. The maximum atomic E-state index is 13.4. The fourth-order valence-corrected chi connectivity index (χ4v) is 1.76. The Hall–Kier alpha value is -2.64. The van der Waals surface area contributed by atoms with Crippen molar-refractivity contribution in [3.8, 4) is 17.0 Å². The first-order valence-electron chi connectivity index (χ1n) is 5.97. The predicted octanol–water partition coefficient (Wildman–Crippen LogP) is 3.41. The van der Waals surface area contributed by atoms with Gasteiger partial charge in [0.25, 0.3) is 0 Å². The molecule has 8 heteroatoms. The van der Waals surface area contributed by atoms with Gasteiger partial charge in [0, 0.05) is 11.1 Å². The van der Waals surface area contributed by atoms with Gasteiger partial charge in [-0.15, -0.1) is 13.2 Å². The van der Waals surface area contributed by atoms with Crippen LogP contribution >= 0.6 is 0 Å². The Kier molecular flexibility index (Phi) is 4.30. The van der Waals surface area contributed by atoms with Crippen molar-refractivity contribution >= 4 is 5.97 Å². The molecule has 0 bridgehead atoms. The number of benzene rings is 1. The van der Waals surface area contributed by atoms with Crippen LogP contribution in [0.15, 0.2) is 36.5 Å². The van der Waals surface area contributed by atoms with E-state index in [1.54, 1.807) is 0 Å². The summed E-state index contributed by atoms with van der Waals surface area (Å²) in [5, 5.41) is 8.69. The highest BCUT2D eigenvalue weighted by Crippen LogP contribution is 2.26. The van der Waals surface area contributed by atoms with Crippen LogP contribution in [0.1, 0.15) is 5.56 Å². The number of aromatic nitrogens is 1. The van der Waals surface area contributed by atoms with Crippen molar-refractivity contribution in [2.24, 2.45) is 0 Å². The Morgan fingerprint density at radius 2 is 1.86 bits per heavy atom. The summed E-state index contributed by atoms with van der Waals surface area (Å²) in [5.74, 6) is -2.36. The minimum atomic E-state index is -4.79. The lowest BCUT2D eigenvalue weighted by Gasteiger charge is -2.09. The highest BCUT2D eigenvalue weighted by Gasteiger charge is 2.30. The third-order valence-electron chi connectivity index (χ3n) is 2.66. The number of nitrogens with zero attached hydrogens (tertiary/aromatic N) is 1. The summed E-state index contributed by atoms with van der Waals surface area (Å²) < 4.78 is 53.3. The van der Waals surface area contributed by atoms with Gasteiger partial charge in [-0.1, -0.05) is 0 Å². The van der Waals surface area contributed by atoms with Crippen molar-refractivity contribution in [3.05, 3.63) is 47.9 Å². The topological polar surface area (TPSA) is 59.4 Å². The van der Waals surface area contributed by atoms with Gasteiger partial charge < -0.3 is 9.84 Å². The lowest BCUT2D eigenvalue weighted by molar-refractivity contribution is -0.274. The monoisotopic (exact) mass is 315 g/mol. The van der Waals surface area contributed by atoms with Crippen molar-refractivity contribution in [1.82, 2.24) is 4.98 Å². The molecular weight excluding hydrogens is 306 g/mol. The van der Waals surface area contributed by atoms with Crippen LogP contribution in [-0.2, 0) is 11.2 Å². The van der Waals surface area contributed by atoms with Gasteiger partial charge in [0.2, 0.25) is 0 Å². The number of carbonyl (C=O) groups is 1. The van der Waals surface area contributed by atoms with Crippen LogP contribution in [0.4, 0.5) is 17.6 Å². The lowest BCUT2D eigenvalue weighted by atomic mass is 10.1. The zero-order valence-electron chi connectivity index (χ0n) is 10.9. The van der Waals surface area contributed by atoms with Crippen molar-refractivity contribution in [2.75, 3.05) is 0 Å². The number of carboxylic acids is 1. The van der Waals surface area contributed by atoms with E-state index in [1.165, 1.54) is 18.2 Å². The van der Waals surface area contributed by atoms with Gasteiger partial charge in [0.05, 0.1) is 18.3 Å². The molecule has 2 aromatic rings. The Morgan fingerprint density at radius 3 is 2.41 bits per heavy atom. The third-order valence-corrected chi connectivity index (χ3v) is 2.66. The van der Waals surface area contributed by atoms with E-state index in [4.69, 9.17) is 5.11 Å². The number of halogens is 4. The first kappa shape index (κ1) is 15.7. The van der Waals surface area contributed by atoms with E-state index >= 15 is 0 Å². The number of alkyl halides is 3. The van der Waals surface area contributed by atoms with E-state index < -0.39 is 30.3 Å².